The Morgan fingerprint density at radius 3 is 3.11 bits per heavy atom. The van der Waals surface area contributed by atoms with Crippen LogP contribution in [0.1, 0.15) is 31.9 Å². The third kappa shape index (κ3) is 1.72. The summed E-state index contributed by atoms with van der Waals surface area (Å²) in [6.07, 6.45) is 0.907. The van der Waals surface area contributed by atoms with E-state index in [0.717, 1.165) is 28.3 Å². The standard InChI is InChI=1S/C13H15BrN2OS/c1-3-16-12(18)15-10-7-13(16,2)17-11-5-4-8(14)6-9(10)11/h4-6,10H,3,7H2,1-2H3,(H,15,18)/t10-,13+/m1/s1. The Hall–Kier alpha value is -0.810. The summed E-state index contributed by atoms with van der Waals surface area (Å²) in [5, 5.41) is 4.19. The fourth-order valence-electron chi connectivity index (χ4n) is 2.87. The highest BCUT2D eigenvalue weighted by atomic mass is 79.9. The third-order valence-electron chi connectivity index (χ3n) is 3.69. The normalized spacial score (nSPS) is 29.4. The van der Waals surface area contributed by atoms with E-state index in [4.69, 9.17) is 17.0 Å². The van der Waals surface area contributed by atoms with Crippen molar-refractivity contribution in [1.82, 2.24) is 10.2 Å². The Balaban J connectivity index is 2.08. The number of hydrogen-bond acceptors (Lipinski definition) is 2. The molecule has 0 unspecified atom stereocenters. The number of hydrogen-bond donors (Lipinski definition) is 1. The number of benzene rings is 1. The van der Waals surface area contributed by atoms with Crippen LogP contribution in [0.5, 0.6) is 5.75 Å². The van der Waals surface area contributed by atoms with E-state index in [1.165, 1.54) is 5.56 Å². The van der Waals surface area contributed by atoms with Gasteiger partial charge in [-0.05, 0) is 44.3 Å². The molecule has 2 aliphatic rings. The van der Waals surface area contributed by atoms with Crippen LogP contribution in [0.3, 0.4) is 0 Å². The van der Waals surface area contributed by atoms with Crippen LogP contribution in [-0.4, -0.2) is 22.3 Å². The quantitative estimate of drug-likeness (QED) is 0.801. The summed E-state index contributed by atoms with van der Waals surface area (Å²) in [5.74, 6) is 0.949. The van der Waals surface area contributed by atoms with Crippen molar-refractivity contribution in [2.45, 2.75) is 32.0 Å². The van der Waals surface area contributed by atoms with E-state index < -0.39 is 0 Å². The van der Waals surface area contributed by atoms with Gasteiger partial charge in [-0.15, -0.1) is 0 Å². The van der Waals surface area contributed by atoms with Gasteiger partial charge in [0.25, 0.3) is 0 Å². The minimum Gasteiger partial charge on any atom is -0.468 e. The highest BCUT2D eigenvalue weighted by Gasteiger charge is 2.46. The largest absolute Gasteiger partial charge is 0.468 e. The average molecular weight is 327 g/mol. The molecule has 0 aromatic heterocycles. The van der Waals surface area contributed by atoms with Crippen LogP contribution < -0.4 is 10.1 Å². The number of nitrogens with one attached hydrogen (secondary N) is 1. The van der Waals surface area contributed by atoms with Crippen LogP contribution in [-0.2, 0) is 0 Å². The van der Waals surface area contributed by atoms with Gasteiger partial charge in [-0.25, -0.2) is 0 Å². The minimum absolute atomic E-state index is 0.242. The van der Waals surface area contributed by atoms with E-state index >= 15 is 0 Å². The molecule has 0 aliphatic carbocycles. The molecule has 3 rings (SSSR count). The first-order chi connectivity index (χ1) is 8.53. The Labute approximate surface area is 121 Å². The third-order valence-corrected chi connectivity index (χ3v) is 4.52. The van der Waals surface area contributed by atoms with Gasteiger partial charge >= 0.3 is 0 Å². The fourth-order valence-corrected chi connectivity index (χ4v) is 3.71. The lowest BCUT2D eigenvalue weighted by Crippen LogP contribution is -2.64. The fraction of sp³-hybridized carbons (Fsp3) is 0.462. The Kier molecular flexibility index (Phi) is 2.79. The zero-order valence-electron chi connectivity index (χ0n) is 10.4. The number of fused-ring (bicyclic) bond motifs is 4. The van der Waals surface area contributed by atoms with Gasteiger partial charge in [-0.1, -0.05) is 15.9 Å². The molecule has 1 saturated heterocycles. The Morgan fingerprint density at radius 1 is 1.61 bits per heavy atom. The van der Waals surface area contributed by atoms with Crippen molar-refractivity contribution in [3.05, 3.63) is 28.2 Å². The number of ether oxygens (including phenoxy) is 1. The second-order valence-corrected chi connectivity index (χ2v) is 6.21. The lowest BCUT2D eigenvalue weighted by Gasteiger charge is -2.52. The van der Waals surface area contributed by atoms with Crippen molar-refractivity contribution in [2.75, 3.05) is 6.54 Å². The molecular weight excluding hydrogens is 312 g/mol. The molecule has 0 spiro atoms. The van der Waals surface area contributed by atoms with Crippen LogP contribution in [0.2, 0.25) is 0 Å². The molecule has 2 atom stereocenters. The first kappa shape index (κ1) is 12.2. The summed E-state index contributed by atoms with van der Waals surface area (Å²) >= 11 is 8.95. The van der Waals surface area contributed by atoms with E-state index in [2.05, 4.69) is 46.1 Å². The molecule has 1 fully saturated rings. The van der Waals surface area contributed by atoms with Crippen LogP contribution in [0.25, 0.3) is 0 Å². The Bertz CT molecular complexity index is 522. The molecule has 18 heavy (non-hydrogen) atoms. The van der Waals surface area contributed by atoms with Crippen molar-refractivity contribution in [2.24, 2.45) is 0 Å². The monoisotopic (exact) mass is 326 g/mol. The summed E-state index contributed by atoms with van der Waals surface area (Å²) in [7, 11) is 0. The highest BCUT2D eigenvalue weighted by molar-refractivity contribution is 9.10. The number of nitrogens with zero attached hydrogens (tertiary/aromatic N) is 1. The molecule has 0 saturated carbocycles. The maximum Gasteiger partial charge on any atom is 0.184 e. The summed E-state index contributed by atoms with van der Waals surface area (Å²) in [4.78, 5) is 2.11. The molecule has 1 N–H and O–H groups in total. The first-order valence-corrected chi connectivity index (χ1v) is 7.30. The maximum atomic E-state index is 6.20. The predicted octanol–water partition coefficient (Wildman–Crippen LogP) is 3.20. The molecule has 0 amide bonds. The summed E-state index contributed by atoms with van der Waals surface area (Å²) in [5.41, 5.74) is 0.850. The van der Waals surface area contributed by atoms with E-state index in [1.54, 1.807) is 0 Å². The highest BCUT2D eigenvalue weighted by Crippen LogP contribution is 2.44. The molecule has 1 aromatic rings. The lowest BCUT2D eigenvalue weighted by atomic mass is 9.91. The van der Waals surface area contributed by atoms with E-state index in [-0.39, 0.29) is 11.8 Å². The van der Waals surface area contributed by atoms with E-state index in [0.29, 0.717) is 0 Å². The van der Waals surface area contributed by atoms with Gasteiger partial charge in [-0.3, -0.25) is 0 Å². The van der Waals surface area contributed by atoms with Gasteiger partial charge in [0.2, 0.25) is 0 Å². The maximum absolute atomic E-state index is 6.20. The van der Waals surface area contributed by atoms with Gasteiger partial charge in [0.05, 0.1) is 6.04 Å². The topological polar surface area (TPSA) is 24.5 Å². The number of rotatable bonds is 1. The molecule has 2 aliphatic heterocycles. The van der Waals surface area contributed by atoms with Crippen molar-refractivity contribution in [1.29, 1.82) is 0 Å². The molecule has 3 nitrogen and oxygen atoms in total. The Morgan fingerprint density at radius 2 is 2.39 bits per heavy atom. The van der Waals surface area contributed by atoms with Crippen molar-refractivity contribution in [3.8, 4) is 5.75 Å². The second-order valence-electron chi connectivity index (χ2n) is 4.91. The minimum atomic E-state index is -0.331. The molecule has 96 valence electrons. The van der Waals surface area contributed by atoms with Gasteiger partial charge in [0, 0.05) is 23.0 Å². The SMILES string of the molecule is CCN1C(=S)N[C@@H]2C[C@]1(C)Oc1ccc(Br)cc12. The van der Waals surface area contributed by atoms with Gasteiger partial charge in [0.15, 0.2) is 10.8 Å². The summed E-state index contributed by atoms with van der Waals surface area (Å²) in [6, 6.07) is 6.38. The molecule has 2 heterocycles. The molecule has 2 bridgehead atoms. The zero-order valence-corrected chi connectivity index (χ0v) is 12.8. The van der Waals surface area contributed by atoms with Crippen LogP contribution in [0.4, 0.5) is 0 Å². The zero-order chi connectivity index (χ0) is 12.9. The molecular formula is C13H15BrN2OS. The van der Waals surface area contributed by atoms with Gasteiger partial charge < -0.3 is 15.0 Å². The molecule has 0 radical (unpaired) electrons. The van der Waals surface area contributed by atoms with E-state index in [9.17, 15) is 0 Å². The summed E-state index contributed by atoms with van der Waals surface area (Å²) < 4.78 is 7.27. The smallest absolute Gasteiger partial charge is 0.184 e. The van der Waals surface area contributed by atoms with E-state index in [1.807, 2.05) is 12.1 Å². The van der Waals surface area contributed by atoms with Crippen LogP contribution in [0.15, 0.2) is 22.7 Å². The number of halogens is 1. The lowest BCUT2D eigenvalue weighted by molar-refractivity contribution is -0.0658. The molecule has 1 aromatic carbocycles. The van der Waals surface area contributed by atoms with Crippen LogP contribution >= 0.6 is 28.1 Å². The second kappa shape index (κ2) is 4.10. The van der Waals surface area contributed by atoms with Crippen molar-refractivity contribution >= 4 is 33.3 Å². The predicted molar refractivity (Wildman–Crippen MR) is 78.6 cm³/mol. The first-order valence-electron chi connectivity index (χ1n) is 6.10. The average Bonchev–Trinajstić information content (AvgIpc) is 2.30. The number of thiocarbonyl (C=S) groups is 1. The van der Waals surface area contributed by atoms with Crippen molar-refractivity contribution < 1.29 is 4.74 Å². The van der Waals surface area contributed by atoms with Crippen molar-refractivity contribution in [3.63, 3.8) is 0 Å². The molecule has 5 heteroatoms. The van der Waals surface area contributed by atoms with Crippen LogP contribution in [0, 0.1) is 0 Å². The van der Waals surface area contributed by atoms with Gasteiger partial charge in [-0.2, -0.15) is 0 Å². The van der Waals surface area contributed by atoms with Gasteiger partial charge in [0.1, 0.15) is 5.75 Å². The summed E-state index contributed by atoms with van der Waals surface area (Å²) in [6.45, 7) is 5.06.